The first-order chi connectivity index (χ1) is 20.9. The van der Waals surface area contributed by atoms with Gasteiger partial charge >= 0.3 is 6.01 Å². The molecule has 4 aliphatic rings. The molecule has 228 valence electrons. The summed E-state index contributed by atoms with van der Waals surface area (Å²) in [5.74, 6) is 0.909. The van der Waals surface area contributed by atoms with Gasteiger partial charge in [-0.2, -0.15) is 9.97 Å². The number of phenolic OH excluding ortho intramolecular Hbond substituents is 1. The lowest BCUT2D eigenvalue weighted by atomic mass is 9.98. The Morgan fingerprint density at radius 1 is 1.09 bits per heavy atom. The van der Waals surface area contributed by atoms with Gasteiger partial charge in [0.05, 0.1) is 44.2 Å². The average molecular weight is 586 g/mol. The second-order valence-electron chi connectivity index (χ2n) is 13.2. The molecule has 9 nitrogen and oxygen atoms in total. The zero-order valence-electron chi connectivity index (χ0n) is 25.5. The highest BCUT2D eigenvalue weighted by molar-refractivity contribution is 6.09. The van der Waals surface area contributed by atoms with Crippen LogP contribution in [-0.2, 0) is 17.8 Å². The fraction of sp³-hybridized carbons (Fsp3) is 0.559. The Hall–Kier alpha value is -3.43. The highest BCUT2D eigenvalue weighted by atomic mass is 16.5. The van der Waals surface area contributed by atoms with Gasteiger partial charge in [-0.15, -0.1) is 0 Å². The number of fused-ring (bicyclic) bond motifs is 2. The molecule has 3 aliphatic heterocycles. The second-order valence-corrected chi connectivity index (χ2v) is 13.2. The van der Waals surface area contributed by atoms with E-state index in [1.807, 2.05) is 30.0 Å². The molecule has 2 saturated heterocycles. The molecular weight excluding hydrogens is 542 g/mol. The maximum Gasteiger partial charge on any atom is 0.318 e. The number of aromatic nitrogens is 2. The number of ether oxygens (including phenoxy) is 2. The van der Waals surface area contributed by atoms with Gasteiger partial charge in [-0.05, 0) is 68.0 Å². The lowest BCUT2D eigenvalue weighted by molar-refractivity contribution is 0.0231. The molecule has 3 aromatic rings. The normalized spacial score (nSPS) is 22.0. The van der Waals surface area contributed by atoms with Crippen LogP contribution in [-0.4, -0.2) is 82.8 Å². The summed E-state index contributed by atoms with van der Waals surface area (Å²) in [7, 11) is 0. The fourth-order valence-corrected chi connectivity index (χ4v) is 7.17. The molecule has 4 heterocycles. The molecule has 1 saturated carbocycles. The van der Waals surface area contributed by atoms with Crippen molar-refractivity contribution in [3.63, 3.8) is 0 Å². The number of aryl methyl sites for hydroxylation is 1. The molecule has 3 fully saturated rings. The molecule has 1 N–H and O–H groups in total. The van der Waals surface area contributed by atoms with Crippen LogP contribution < -0.4 is 9.64 Å². The van der Waals surface area contributed by atoms with Crippen LogP contribution in [0.15, 0.2) is 30.3 Å². The van der Waals surface area contributed by atoms with Crippen LogP contribution in [0.4, 0.5) is 5.82 Å². The van der Waals surface area contributed by atoms with Crippen LogP contribution in [0.1, 0.15) is 72.6 Å². The molecule has 1 amide bonds. The van der Waals surface area contributed by atoms with Gasteiger partial charge in [0.2, 0.25) is 0 Å². The summed E-state index contributed by atoms with van der Waals surface area (Å²) in [6.45, 7) is 11.3. The van der Waals surface area contributed by atoms with Crippen LogP contribution in [0.2, 0.25) is 0 Å². The zero-order chi connectivity index (χ0) is 29.6. The van der Waals surface area contributed by atoms with Crippen molar-refractivity contribution in [2.24, 2.45) is 5.41 Å². The lowest BCUT2D eigenvalue weighted by Gasteiger charge is -2.31. The largest absolute Gasteiger partial charge is 0.508 e. The van der Waals surface area contributed by atoms with E-state index in [1.54, 1.807) is 12.1 Å². The van der Waals surface area contributed by atoms with Gasteiger partial charge in [0, 0.05) is 43.2 Å². The minimum absolute atomic E-state index is 0.0961. The average Bonchev–Trinajstić information content (AvgIpc) is 3.69. The number of hydrogen-bond acceptors (Lipinski definition) is 8. The van der Waals surface area contributed by atoms with E-state index in [2.05, 4.69) is 16.7 Å². The summed E-state index contributed by atoms with van der Waals surface area (Å²) in [5.41, 5.74) is 3.58. The number of carbonyl (C=O) groups is 1. The first-order valence-corrected chi connectivity index (χ1v) is 16.0. The Kier molecular flexibility index (Phi) is 7.63. The van der Waals surface area contributed by atoms with Crippen molar-refractivity contribution in [2.75, 3.05) is 50.9 Å². The van der Waals surface area contributed by atoms with Crippen LogP contribution >= 0.6 is 0 Å². The Morgan fingerprint density at radius 2 is 1.93 bits per heavy atom. The molecule has 0 bridgehead atoms. The molecule has 7 rings (SSSR count). The third kappa shape index (κ3) is 5.77. The number of nitrogens with zero attached hydrogens (tertiary/aromatic N) is 5. The minimum Gasteiger partial charge on any atom is -0.508 e. The summed E-state index contributed by atoms with van der Waals surface area (Å²) in [6, 6.07) is 10.0. The topological polar surface area (TPSA) is 91.3 Å². The molecule has 1 aliphatic carbocycles. The number of amides is 1. The van der Waals surface area contributed by atoms with E-state index in [4.69, 9.17) is 19.4 Å². The number of morpholine rings is 1. The number of carbonyl (C=O) groups excluding carboxylic acids is 1. The van der Waals surface area contributed by atoms with Gasteiger partial charge in [0.15, 0.2) is 0 Å². The number of anilines is 1. The van der Waals surface area contributed by atoms with Crippen molar-refractivity contribution < 1.29 is 19.4 Å². The quantitative estimate of drug-likeness (QED) is 0.412. The Morgan fingerprint density at radius 3 is 2.74 bits per heavy atom. The Labute approximate surface area is 253 Å². The van der Waals surface area contributed by atoms with E-state index in [0.29, 0.717) is 37.3 Å². The molecule has 43 heavy (non-hydrogen) atoms. The number of aromatic hydroxyl groups is 1. The molecule has 0 radical (unpaired) electrons. The van der Waals surface area contributed by atoms with Crippen LogP contribution in [0.3, 0.4) is 0 Å². The molecule has 2 aromatic carbocycles. The highest BCUT2D eigenvalue weighted by Crippen LogP contribution is 2.47. The van der Waals surface area contributed by atoms with E-state index in [1.165, 1.54) is 12.8 Å². The maximum absolute atomic E-state index is 14.1. The molecule has 1 aromatic heterocycles. The van der Waals surface area contributed by atoms with Gasteiger partial charge in [0.1, 0.15) is 11.6 Å². The molecular formula is C34H43N5O4. The summed E-state index contributed by atoms with van der Waals surface area (Å²) < 4.78 is 12.0. The predicted molar refractivity (Wildman–Crippen MR) is 166 cm³/mol. The Bertz CT molecular complexity index is 1520. The lowest BCUT2D eigenvalue weighted by Crippen LogP contribution is -2.41. The van der Waals surface area contributed by atoms with Gasteiger partial charge in [-0.25, -0.2) is 0 Å². The predicted octanol–water partition coefficient (Wildman–Crippen LogP) is 5.06. The van der Waals surface area contributed by atoms with E-state index in [0.717, 1.165) is 98.5 Å². The summed E-state index contributed by atoms with van der Waals surface area (Å²) in [6.07, 6.45) is 6.99. The molecule has 0 spiro atoms. The summed E-state index contributed by atoms with van der Waals surface area (Å²) >= 11 is 0. The minimum atomic E-state index is -0.104. The van der Waals surface area contributed by atoms with Crippen LogP contribution in [0, 0.1) is 12.3 Å². The first-order valence-electron chi connectivity index (χ1n) is 16.0. The van der Waals surface area contributed by atoms with Gasteiger partial charge in [0.25, 0.3) is 5.91 Å². The standard InChI is InChI=1S/C34H43N5O4/c1-23-7-6-9-25-17-26(40)18-27(30(23)25)32(41)38-19-28-29(20-38)35-33(36-31(28)39-12-5-3-4-8-24(39)2)43-22-34(10-11-34)21-37-13-15-42-16-14-37/h6-7,9,17-18,24,40H,3-5,8,10-16,19-22H2,1-2H3. The van der Waals surface area contributed by atoms with E-state index < -0.39 is 0 Å². The van der Waals surface area contributed by atoms with E-state index in [-0.39, 0.29) is 17.1 Å². The van der Waals surface area contributed by atoms with Crippen LogP contribution in [0.25, 0.3) is 10.8 Å². The molecule has 1 unspecified atom stereocenters. The number of benzene rings is 2. The third-order valence-corrected chi connectivity index (χ3v) is 9.88. The van der Waals surface area contributed by atoms with Gasteiger partial charge < -0.3 is 24.4 Å². The van der Waals surface area contributed by atoms with Crippen molar-refractivity contribution in [1.82, 2.24) is 19.8 Å². The summed E-state index contributed by atoms with van der Waals surface area (Å²) in [4.78, 5) is 30.8. The van der Waals surface area contributed by atoms with Gasteiger partial charge in [-0.3, -0.25) is 9.69 Å². The fourth-order valence-electron chi connectivity index (χ4n) is 7.17. The number of hydrogen-bond donors (Lipinski definition) is 1. The van der Waals surface area contributed by atoms with Crippen molar-refractivity contribution >= 4 is 22.5 Å². The van der Waals surface area contributed by atoms with E-state index >= 15 is 0 Å². The molecule has 9 heteroatoms. The maximum atomic E-state index is 14.1. The summed E-state index contributed by atoms with van der Waals surface area (Å²) in [5, 5.41) is 12.2. The first kappa shape index (κ1) is 28.3. The van der Waals surface area contributed by atoms with Crippen molar-refractivity contribution in [2.45, 2.75) is 71.5 Å². The van der Waals surface area contributed by atoms with Crippen molar-refractivity contribution in [3.05, 3.63) is 52.7 Å². The SMILES string of the molecule is Cc1cccc2cc(O)cc(C(=O)N3Cc4nc(OCC5(CN6CCOCC6)CC5)nc(N5CCCCCC5C)c4C3)c12. The Balaban J connectivity index is 1.18. The van der Waals surface area contributed by atoms with E-state index in [9.17, 15) is 9.90 Å². The smallest absolute Gasteiger partial charge is 0.318 e. The number of phenols is 1. The van der Waals surface area contributed by atoms with Gasteiger partial charge in [-0.1, -0.05) is 31.0 Å². The van der Waals surface area contributed by atoms with Crippen molar-refractivity contribution in [1.29, 1.82) is 0 Å². The highest BCUT2D eigenvalue weighted by Gasteiger charge is 2.45. The number of rotatable bonds is 7. The zero-order valence-corrected chi connectivity index (χ0v) is 25.5. The monoisotopic (exact) mass is 585 g/mol. The second kappa shape index (κ2) is 11.6. The van der Waals surface area contributed by atoms with Crippen LogP contribution in [0.5, 0.6) is 11.8 Å². The molecule has 1 atom stereocenters. The van der Waals surface area contributed by atoms with Crippen molar-refractivity contribution in [3.8, 4) is 11.8 Å². The third-order valence-electron chi connectivity index (χ3n) is 9.88.